The number of aryl methyl sites for hydroxylation is 3. The molecule has 0 aliphatic heterocycles. The smallest absolute Gasteiger partial charge is 0.335 e. The molecule has 1 aromatic heterocycles. The van der Waals surface area contributed by atoms with Crippen LogP contribution in [0.2, 0.25) is 0 Å². The number of hydrogen-bond donors (Lipinski definition) is 2. The number of aromatic nitrogens is 1. The normalized spacial score (nSPS) is 10.4. The van der Waals surface area contributed by atoms with Gasteiger partial charge in [0.1, 0.15) is 11.3 Å². The van der Waals surface area contributed by atoms with Crippen LogP contribution in [0.1, 0.15) is 44.7 Å². The summed E-state index contributed by atoms with van der Waals surface area (Å²) in [7, 11) is 0. The summed E-state index contributed by atoms with van der Waals surface area (Å²) in [6.45, 7) is 5.34. The maximum atomic E-state index is 12.4. The summed E-state index contributed by atoms with van der Waals surface area (Å²) in [5.41, 5.74) is 2.34. The first-order chi connectivity index (χ1) is 9.93. The first-order valence-electron chi connectivity index (χ1n) is 6.54. The van der Waals surface area contributed by atoms with Crippen molar-refractivity contribution in [3.05, 3.63) is 46.3 Å². The molecule has 0 saturated heterocycles. The minimum atomic E-state index is -1.04. The number of carboxylic acids is 1. The van der Waals surface area contributed by atoms with Crippen molar-refractivity contribution in [2.24, 2.45) is 0 Å². The van der Waals surface area contributed by atoms with E-state index in [1.165, 1.54) is 12.1 Å². The fraction of sp³-hybridized carbons (Fsp3) is 0.267. The van der Waals surface area contributed by atoms with Gasteiger partial charge in [0.15, 0.2) is 0 Å². The molecule has 0 fully saturated rings. The fourth-order valence-electron chi connectivity index (χ4n) is 2.02. The number of hydrogen-bond acceptors (Lipinski definition) is 4. The molecule has 2 N–H and O–H groups in total. The second-order valence-electron chi connectivity index (χ2n) is 4.70. The molecule has 0 unspecified atom stereocenters. The molecule has 0 aliphatic carbocycles. The Hall–Kier alpha value is -2.63. The van der Waals surface area contributed by atoms with Gasteiger partial charge in [-0.15, -0.1) is 0 Å². The Morgan fingerprint density at radius 3 is 2.67 bits per heavy atom. The van der Waals surface area contributed by atoms with Crippen molar-refractivity contribution in [2.45, 2.75) is 27.2 Å². The Labute approximate surface area is 121 Å². The number of anilines is 1. The molecule has 0 aliphatic rings. The van der Waals surface area contributed by atoms with E-state index in [1.807, 2.05) is 6.92 Å². The number of benzene rings is 1. The molecule has 0 atom stereocenters. The van der Waals surface area contributed by atoms with Crippen molar-refractivity contribution in [3.63, 3.8) is 0 Å². The Kier molecular flexibility index (Phi) is 4.07. The van der Waals surface area contributed by atoms with Gasteiger partial charge in [-0.25, -0.2) is 4.79 Å². The van der Waals surface area contributed by atoms with Crippen molar-refractivity contribution in [2.75, 3.05) is 5.32 Å². The molecule has 6 nitrogen and oxygen atoms in total. The topological polar surface area (TPSA) is 92.4 Å². The van der Waals surface area contributed by atoms with Gasteiger partial charge in [-0.05, 0) is 38.0 Å². The zero-order valence-electron chi connectivity index (χ0n) is 12.1. The molecular formula is C15H16N2O4. The van der Waals surface area contributed by atoms with Gasteiger partial charge in [0.25, 0.3) is 5.91 Å². The molecule has 0 saturated carbocycles. The average Bonchev–Trinajstić information content (AvgIpc) is 2.82. The number of nitrogens with zero attached hydrogens (tertiary/aromatic N) is 1. The van der Waals surface area contributed by atoms with E-state index in [4.69, 9.17) is 9.63 Å². The van der Waals surface area contributed by atoms with Crippen LogP contribution in [0.5, 0.6) is 0 Å². The number of carbonyl (C=O) groups is 2. The predicted molar refractivity (Wildman–Crippen MR) is 76.7 cm³/mol. The highest BCUT2D eigenvalue weighted by Crippen LogP contribution is 2.20. The lowest BCUT2D eigenvalue weighted by Crippen LogP contribution is -2.15. The zero-order valence-corrected chi connectivity index (χ0v) is 12.1. The predicted octanol–water partition coefficient (Wildman–Crippen LogP) is 2.80. The third-order valence-corrected chi connectivity index (χ3v) is 3.23. The highest BCUT2D eigenvalue weighted by Gasteiger charge is 2.20. The molecule has 1 heterocycles. The van der Waals surface area contributed by atoms with Crippen molar-refractivity contribution >= 4 is 17.6 Å². The van der Waals surface area contributed by atoms with Gasteiger partial charge in [-0.3, -0.25) is 4.79 Å². The molecule has 21 heavy (non-hydrogen) atoms. The van der Waals surface area contributed by atoms with Crippen LogP contribution in [0, 0.1) is 13.8 Å². The third kappa shape index (κ3) is 2.94. The van der Waals surface area contributed by atoms with Crippen molar-refractivity contribution in [3.8, 4) is 0 Å². The van der Waals surface area contributed by atoms with Crippen LogP contribution in [0.3, 0.4) is 0 Å². The number of rotatable bonds is 4. The van der Waals surface area contributed by atoms with Gasteiger partial charge in [0.2, 0.25) is 0 Å². The van der Waals surface area contributed by atoms with Crippen LogP contribution < -0.4 is 5.32 Å². The van der Waals surface area contributed by atoms with Crippen LogP contribution in [0.25, 0.3) is 0 Å². The molecule has 6 heteroatoms. The monoisotopic (exact) mass is 288 g/mol. The van der Waals surface area contributed by atoms with E-state index in [1.54, 1.807) is 19.9 Å². The van der Waals surface area contributed by atoms with Gasteiger partial charge in [-0.2, -0.15) is 0 Å². The summed E-state index contributed by atoms with van der Waals surface area (Å²) in [6, 6.07) is 4.58. The molecule has 0 radical (unpaired) electrons. The molecule has 2 rings (SSSR count). The summed E-state index contributed by atoms with van der Waals surface area (Å²) in [4.78, 5) is 23.3. The Bertz CT molecular complexity index is 704. The summed E-state index contributed by atoms with van der Waals surface area (Å²) in [5.74, 6) is -0.950. The Balaban J connectivity index is 2.33. The van der Waals surface area contributed by atoms with Crippen molar-refractivity contribution in [1.82, 2.24) is 5.16 Å². The number of amides is 1. The number of aromatic carboxylic acids is 1. The summed E-state index contributed by atoms with van der Waals surface area (Å²) in [6.07, 6.45) is 0.578. The van der Waals surface area contributed by atoms with E-state index in [0.29, 0.717) is 29.1 Å². The van der Waals surface area contributed by atoms with Crippen LogP contribution in [0.15, 0.2) is 22.7 Å². The average molecular weight is 288 g/mol. The van der Waals surface area contributed by atoms with Crippen LogP contribution in [0.4, 0.5) is 5.69 Å². The quantitative estimate of drug-likeness (QED) is 0.902. The molecule has 0 spiro atoms. The van der Waals surface area contributed by atoms with Crippen LogP contribution in [-0.4, -0.2) is 22.1 Å². The van der Waals surface area contributed by atoms with E-state index in [-0.39, 0.29) is 11.5 Å². The number of nitrogens with one attached hydrogen (secondary N) is 1. The molecule has 1 aromatic carbocycles. The maximum Gasteiger partial charge on any atom is 0.335 e. The second kappa shape index (κ2) is 5.78. The van der Waals surface area contributed by atoms with Crippen LogP contribution >= 0.6 is 0 Å². The lowest BCUT2D eigenvalue weighted by atomic mass is 10.1. The molecule has 0 bridgehead atoms. The Morgan fingerprint density at radius 2 is 2.05 bits per heavy atom. The summed E-state index contributed by atoms with van der Waals surface area (Å²) >= 11 is 0. The van der Waals surface area contributed by atoms with Gasteiger partial charge < -0.3 is 14.9 Å². The lowest BCUT2D eigenvalue weighted by molar-refractivity contribution is 0.0696. The highest BCUT2D eigenvalue weighted by atomic mass is 16.5. The summed E-state index contributed by atoms with van der Waals surface area (Å²) < 4.78 is 5.03. The standard InChI is InChI=1S/C15H16N2O4/c1-4-11-13(9(3)21-17-11)14(18)16-12-7-10(15(19)20)6-5-8(12)2/h5-7H,4H2,1-3H3,(H,16,18)(H,19,20). The van der Waals surface area contributed by atoms with Crippen LogP contribution in [-0.2, 0) is 6.42 Å². The second-order valence-corrected chi connectivity index (χ2v) is 4.70. The maximum absolute atomic E-state index is 12.4. The molecular weight excluding hydrogens is 272 g/mol. The van der Waals surface area contributed by atoms with E-state index in [2.05, 4.69) is 10.5 Å². The molecule has 2 aromatic rings. The van der Waals surface area contributed by atoms with Crippen molar-refractivity contribution < 1.29 is 19.2 Å². The molecule has 110 valence electrons. The lowest BCUT2D eigenvalue weighted by Gasteiger charge is -2.09. The van der Waals surface area contributed by atoms with Gasteiger partial charge >= 0.3 is 5.97 Å². The highest BCUT2D eigenvalue weighted by molar-refractivity contribution is 6.06. The third-order valence-electron chi connectivity index (χ3n) is 3.23. The fourth-order valence-corrected chi connectivity index (χ4v) is 2.02. The van der Waals surface area contributed by atoms with E-state index in [9.17, 15) is 9.59 Å². The van der Waals surface area contributed by atoms with Crippen molar-refractivity contribution in [1.29, 1.82) is 0 Å². The first kappa shape index (κ1) is 14.8. The van der Waals surface area contributed by atoms with Gasteiger partial charge in [0, 0.05) is 5.69 Å². The molecule has 1 amide bonds. The zero-order chi connectivity index (χ0) is 15.6. The first-order valence-corrected chi connectivity index (χ1v) is 6.54. The summed E-state index contributed by atoms with van der Waals surface area (Å²) in [5, 5.41) is 15.6. The minimum Gasteiger partial charge on any atom is -0.478 e. The van der Waals surface area contributed by atoms with E-state index < -0.39 is 5.97 Å². The van der Waals surface area contributed by atoms with E-state index >= 15 is 0 Å². The Morgan fingerprint density at radius 1 is 1.33 bits per heavy atom. The van der Waals surface area contributed by atoms with Gasteiger partial charge in [0.05, 0.1) is 11.3 Å². The largest absolute Gasteiger partial charge is 0.478 e. The van der Waals surface area contributed by atoms with Gasteiger partial charge in [-0.1, -0.05) is 18.1 Å². The SMILES string of the molecule is CCc1noc(C)c1C(=O)Nc1cc(C(=O)O)ccc1C. The number of carbonyl (C=O) groups excluding carboxylic acids is 1. The van der Waals surface area contributed by atoms with E-state index in [0.717, 1.165) is 5.56 Å². The minimum absolute atomic E-state index is 0.119. The number of carboxylic acid groups (broad SMARTS) is 1.